The van der Waals surface area contributed by atoms with E-state index < -0.39 is 0 Å². The maximum Gasteiger partial charge on any atom is 0.227 e. The molecule has 1 aromatic carbocycles. The number of nitrogen functional groups attached to an aromatic ring is 2. The minimum absolute atomic E-state index is 0.0329. The molecule has 2 aromatic rings. The average molecular weight is 310 g/mol. The highest BCUT2D eigenvalue weighted by atomic mass is 16.5. The van der Waals surface area contributed by atoms with Gasteiger partial charge in [0.05, 0.1) is 5.69 Å². The van der Waals surface area contributed by atoms with Crippen molar-refractivity contribution in [3.63, 3.8) is 0 Å². The molecule has 0 saturated carbocycles. The molecule has 0 spiro atoms. The first kappa shape index (κ1) is 15.0. The summed E-state index contributed by atoms with van der Waals surface area (Å²) in [5, 5.41) is 19.0. The molecule has 0 fully saturated rings. The molecule has 3 rings (SSSR count). The maximum atomic E-state index is 9.70. The molecule has 1 unspecified atom stereocenters. The first-order valence-corrected chi connectivity index (χ1v) is 7.56. The molecule has 1 aliphatic heterocycles. The molecule has 5 N–H and O–H groups in total. The first-order valence-electron chi connectivity index (χ1n) is 7.56. The summed E-state index contributed by atoms with van der Waals surface area (Å²) in [6.45, 7) is 2.11. The van der Waals surface area contributed by atoms with Gasteiger partial charge >= 0.3 is 0 Å². The molecule has 1 atom stereocenters. The predicted molar refractivity (Wildman–Crippen MR) is 87.3 cm³/mol. The highest BCUT2D eigenvalue weighted by Crippen LogP contribution is 2.49. The van der Waals surface area contributed by atoms with E-state index in [0.717, 1.165) is 24.8 Å². The van der Waals surface area contributed by atoms with Crippen molar-refractivity contribution in [3.05, 3.63) is 34.9 Å². The number of aromatic nitrogens is 1. The Labute approximate surface area is 134 Å². The topological polar surface area (TPSA) is 118 Å². The van der Waals surface area contributed by atoms with Crippen LogP contribution in [0.3, 0.4) is 0 Å². The second-order valence-electron chi connectivity index (χ2n) is 5.64. The summed E-state index contributed by atoms with van der Waals surface area (Å²) >= 11 is 0. The molecule has 0 amide bonds. The van der Waals surface area contributed by atoms with Crippen LogP contribution >= 0.6 is 0 Å². The third kappa shape index (κ3) is 2.40. The fourth-order valence-corrected chi connectivity index (χ4v) is 3.01. The Bertz CT molecular complexity index is 811. The number of pyridine rings is 1. The van der Waals surface area contributed by atoms with Gasteiger partial charge in [-0.05, 0) is 12.5 Å². The number of nitrogens with two attached hydrogens (primary N) is 2. The van der Waals surface area contributed by atoms with Gasteiger partial charge in [0.2, 0.25) is 5.88 Å². The molecule has 1 aliphatic rings. The molecule has 2 heterocycles. The molecular formula is C17H18N4O2. The van der Waals surface area contributed by atoms with E-state index in [1.54, 1.807) is 12.1 Å². The van der Waals surface area contributed by atoms with Crippen LogP contribution in [0.2, 0.25) is 0 Å². The lowest BCUT2D eigenvalue weighted by Gasteiger charge is -2.29. The molecule has 1 aromatic heterocycles. The van der Waals surface area contributed by atoms with Crippen molar-refractivity contribution >= 4 is 11.5 Å². The Morgan fingerprint density at radius 1 is 1.39 bits per heavy atom. The number of hydrogen-bond acceptors (Lipinski definition) is 6. The third-order valence-corrected chi connectivity index (χ3v) is 4.15. The quantitative estimate of drug-likeness (QED) is 0.800. The van der Waals surface area contributed by atoms with Crippen LogP contribution in [0.1, 0.15) is 48.8 Å². The number of benzene rings is 1. The van der Waals surface area contributed by atoms with Crippen LogP contribution in [0.4, 0.5) is 11.5 Å². The largest absolute Gasteiger partial charge is 0.508 e. The lowest BCUT2D eigenvalue weighted by atomic mass is 9.84. The number of rotatable bonds is 3. The van der Waals surface area contributed by atoms with Gasteiger partial charge in [-0.3, -0.25) is 0 Å². The van der Waals surface area contributed by atoms with Crippen LogP contribution in [0.25, 0.3) is 0 Å². The van der Waals surface area contributed by atoms with Gasteiger partial charge < -0.3 is 21.3 Å². The average Bonchev–Trinajstić information content (AvgIpc) is 2.51. The summed E-state index contributed by atoms with van der Waals surface area (Å²) in [6.07, 6.45) is 2.88. The molecule has 0 aliphatic carbocycles. The summed E-state index contributed by atoms with van der Waals surface area (Å²) in [5.74, 6) is 1.01. The van der Waals surface area contributed by atoms with E-state index in [0.29, 0.717) is 22.9 Å². The Kier molecular flexibility index (Phi) is 3.70. The number of anilines is 2. The zero-order chi connectivity index (χ0) is 16.6. The van der Waals surface area contributed by atoms with E-state index >= 15 is 0 Å². The van der Waals surface area contributed by atoms with Crippen LogP contribution in [0.5, 0.6) is 17.4 Å². The summed E-state index contributed by atoms with van der Waals surface area (Å²) in [4.78, 5) is 4.20. The smallest absolute Gasteiger partial charge is 0.227 e. The normalized spacial score (nSPS) is 15.2. The fourth-order valence-electron chi connectivity index (χ4n) is 3.01. The van der Waals surface area contributed by atoms with E-state index in [-0.39, 0.29) is 23.0 Å². The number of nitrogens with zero attached hydrogens (tertiary/aromatic N) is 2. The zero-order valence-electron chi connectivity index (χ0n) is 12.8. The molecule has 6 heteroatoms. The van der Waals surface area contributed by atoms with E-state index in [9.17, 15) is 10.4 Å². The van der Waals surface area contributed by atoms with E-state index in [1.165, 1.54) is 0 Å². The number of aromatic hydroxyl groups is 1. The molecule has 0 saturated heterocycles. The van der Waals surface area contributed by atoms with Crippen molar-refractivity contribution in [2.45, 2.75) is 32.1 Å². The van der Waals surface area contributed by atoms with Crippen molar-refractivity contribution in [2.24, 2.45) is 0 Å². The molecule has 6 nitrogen and oxygen atoms in total. The SMILES string of the molecule is CCCCC1c2ccc(O)cc2Oc2nc(N)c(C#N)c(N)c21. The summed E-state index contributed by atoms with van der Waals surface area (Å²) in [5.41, 5.74) is 14.2. The second-order valence-corrected chi connectivity index (χ2v) is 5.64. The lowest BCUT2D eigenvalue weighted by Crippen LogP contribution is -2.16. The van der Waals surface area contributed by atoms with Crippen molar-refractivity contribution in [3.8, 4) is 23.4 Å². The monoisotopic (exact) mass is 310 g/mol. The van der Waals surface area contributed by atoms with Gasteiger partial charge in [0.1, 0.15) is 28.9 Å². The number of nitriles is 1. The van der Waals surface area contributed by atoms with Gasteiger partial charge in [-0.25, -0.2) is 0 Å². The zero-order valence-corrected chi connectivity index (χ0v) is 12.8. The molecule has 118 valence electrons. The van der Waals surface area contributed by atoms with E-state index in [4.69, 9.17) is 16.2 Å². The second kappa shape index (κ2) is 5.69. The summed E-state index contributed by atoms with van der Waals surface area (Å²) in [7, 11) is 0. The Hall–Kier alpha value is -2.94. The van der Waals surface area contributed by atoms with Gasteiger partial charge in [0.25, 0.3) is 0 Å². The number of unbranched alkanes of at least 4 members (excludes halogenated alkanes) is 1. The molecular weight excluding hydrogens is 292 g/mol. The van der Waals surface area contributed by atoms with Gasteiger partial charge in [0, 0.05) is 23.1 Å². The first-order chi connectivity index (χ1) is 11.1. The molecule has 0 radical (unpaired) electrons. The van der Waals surface area contributed by atoms with Crippen LogP contribution in [-0.4, -0.2) is 10.1 Å². The van der Waals surface area contributed by atoms with Gasteiger partial charge in [-0.15, -0.1) is 0 Å². The Balaban J connectivity index is 2.21. The highest BCUT2D eigenvalue weighted by Gasteiger charge is 2.32. The predicted octanol–water partition coefficient (Wildman–Crippen LogP) is 3.25. The maximum absolute atomic E-state index is 9.70. The molecule has 23 heavy (non-hydrogen) atoms. The Morgan fingerprint density at radius 3 is 2.87 bits per heavy atom. The highest BCUT2D eigenvalue weighted by molar-refractivity contribution is 5.73. The van der Waals surface area contributed by atoms with Gasteiger partial charge in [0.15, 0.2) is 0 Å². The standard InChI is InChI=1S/C17H18N4O2/c1-2-3-4-11-10-6-5-9(22)7-13(10)23-17-14(11)15(19)12(8-18)16(20)21-17/h5-7,11,22H,2-4H2,1H3,(H4,19,20,21). The number of fused-ring (bicyclic) bond motifs is 2. The summed E-state index contributed by atoms with van der Waals surface area (Å²) in [6, 6.07) is 7.03. The number of phenolic OH excluding ortho intramolecular Hbond substituents is 1. The molecule has 0 bridgehead atoms. The van der Waals surface area contributed by atoms with Crippen LogP contribution in [-0.2, 0) is 0 Å². The van der Waals surface area contributed by atoms with Crippen molar-refractivity contribution in [1.29, 1.82) is 5.26 Å². The van der Waals surface area contributed by atoms with E-state index in [2.05, 4.69) is 11.9 Å². The van der Waals surface area contributed by atoms with Crippen molar-refractivity contribution < 1.29 is 9.84 Å². The minimum Gasteiger partial charge on any atom is -0.508 e. The number of ether oxygens (including phenoxy) is 1. The number of phenols is 1. The van der Waals surface area contributed by atoms with E-state index in [1.807, 2.05) is 12.1 Å². The number of hydrogen-bond donors (Lipinski definition) is 3. The van der Waals surface area contributed by atoms with Crippen molar-refractivity contribution in [2.75, 3.05) is 11.5 Å². The van der Waals surface area contributed by atoms with Crippen LogP contribution in [0.15, 0.2) is 18.2 Å². The Morgan fingerprint density at radius 2 is 2.17 bits per heavy atom. The minimum atomic E-state index is -0.0329. The summed E-state index contributed by atoms with van der Waals surface area (Å²) < 4.78 is 5.79. The van der Waals surface area contributed by atoms with Crippen LogP contribution < -0.4 is 16.2 Å². The third-order valence-electron chi connectivity index (χ3n) is 4.15. The van der Waals surface area contributed by atoms with Gasteiger partial charge in [-0.2, -0.15) is 10.2 Å². The lowest BCUT2D eigenvalue weighted by molar-refractivity contribution is 0.413. The van der Waals surface area contributed by atoms with Crippen LogP contribution in [0, 0.1) is 11.3 Å². The fraction of sp³-hybridized carbons (Fsp3) is 0.294. The van der Waals surface area contributed by atoms with Crippen molar-refractivity contribution in [1.82, 2.24) is 4.98 Å². The van der Waals surface area contributed by atoms with Gasteiger partial charge in [-0.1, -0.05) is 25.8 Å².